The molecule has 0 aliphatic rings. The zero-order valence-electron chi connectivity index (χ0n) is 18.5. The van der Waals surface area contributed by atoms with Gasteiger partial charge < -0.3 is 4.74 Å². The van der Waals surface area contributed by atoms with Crippen LogP contribution in [0.3, 0.4) is 0 Å². The molecular weight excluding hydrogens is 462 g/mol. The van der Waals surface area contributed by atoms with Gasteiger partial charge in [-0.3, -0.25) is 4.72 Å². The lowest BCUT2D eigenvalue weighted by Gasteiger charge is -2.12. The molecule has 0 aliphatic carbocycles. The van der Waals surface area contributed by atoms with Crippen molar-refractivity contribution in [2.24, 2.45) is 0 Å². The molecule has 2 heterocycles. The van der Waals surface area contributed by atoms with Gasteiger partial charge in [-0.1, -0.05) is 17.7 Å². The van der Waals surface area contributed by atoms with Crippen molar-refractivity contribution in [1.29, 1.82) is 0 Å². The molecule has 1 N–H and O–H groups in total. The molecule has 170 valence electrons. The van der Waals surface area contributed by atoms with E-state index in [0.717, 1.165) is 17.0 Å². The van der Waals surface area contributed by atoms with Gasteiger partial charge in [0.05, 0.1) is 10.6 Å². The summed E-state index contributed by atoms with van der Waals surface area (Å²) in [6.45, 7) is 7.59. The van der Waals surface area contributed by atoms with Crippen molar-refractivity contribution < 1.29 is 13.2 Å². The number of hydrogen-bond acceptors (Lipinski definition) is 6. The van der Waals surface area contributed by atoms with Gasteiger partial charge in [0, 0.05) is 22.5 Å². The van der Waals surface area contributed by atoms with Gasteiger partial charge in [0.25, 0.3) is 10.0 Å². The first-order chi connectivity index (χ1) is 15.7. The third-order valence-electron chi connectivity index (χ3n) is 5.33. The highest BCUT2D eigenvalue weighted by Gasteiger charge is 2.18. The largest absolute Gasteiger partial charge is 0.439 e. The van der Waals surface area contributed by atoms with E-state index in [4.69, 9.17) is 16.3 Å². The van der Waals surface area contributed by atoms with Crippen molar-refractivity contribution in [2.75, 3.05) is 4.72 Å². The van der Waals surface area contributed by atoms with E-state index >= 15 is 0 Å². The number of sulfonamides is 1. The molecule has 2 aromatic heterocycles. The van der Waals surface area contributed by atoms with E-state index in [1.807, 2.05) is 20.8 Å². The van der Waals surface area contributed by atoms with Crippen LogP contribution in [0, 0.1) is 27.7 Å². The molecule has 8 nitrogen and oxygen atoms in total. The maximum atomic E-state index is 12.7. The Morgan fingerprint density at radius 3 is 2.36 bits per heavy atom. The fraction of sp³-hybridized carbons (Fsp3) is 0.174. The Labute approximate surface area is 197 Å². The highest BCUT2D eigenvalue weighted by atomic mass is 35.5. The minimum atomic E-state index is -3.79. The zero-order valence-corrected chi connectivity index (χ0v) is 20.1. The van der Waals surface area contributed by atoms with Crippen LogP contribution in [0.15, 0.2) is 59.8 Å². The molecule has 0 saturated heterocycles. The normalized spacial score (nSPS) is 11.4. The highest BCUT2D eigenvalue weighted by Crippen LogP contribution is 2.27. The minimum Gasteiger partial charge on any atom is -0.439 e. The van der Waals surface area contributed by atoms with Crippen LogP contribution in [-0.4, -0.2) is 28.2 Å². The molecule has 0 radical (unpaired) electrons. The molecule has 2 aromatic carbocycles. The Morgan fingerprint density at radius 1 is 0.970 bits per heavy atom. The summed E-state index contributed by atoms with van der Waals surface area (Å²) in [6, 6.07) is 13.0. The van der Waals surface area contributed by atoms with E-state index in [0.29, 0.717) is 33.7 Å². The molecule has 0 fully saturated rings. The molecule has 0 amide bonds. The molecule has 10 heteroatoms. The van der Waals surface area contributed by atoms with Gasteiger partial charge in [-0.05, 0) is 75.2 Å². The predicted molar refractivity (Wildman–Crippen MR) is 127 cm³/mol. The second-order valence-corrected chi connectivity index (χ2v) is 9.58. The summed E-state index contributed by atoms with van der Waals surface area (Å²) in [7, 11) is -3.79. The predicted octanol–water partition coefficient (Wildman–Crippen LogP) is 5.14. The van der Waals surface area contributed by atoms with Gasteiger partial charge in [0.1, 0.15) is 12.1 Å². The Kier molecular flexibility index (Phi) is 6.09. The second-order valence-electron chi connectivity index (χ2n) is 7.52. The van der Waals surface area contributed by atoms with Gasteiger partial charge in [-0.25, -0.2) is 23.1 Å². The molecule has 0 saturated carbocycles. The first-order valence-corrected chi connectivity index (χ1v) is 11.9. The summed E-state index contributed by atoms with van der Waals surface area (Å²) in [4.78, 5) is 8.57. The van der Waals surface area contributed by atoms with E-state index in [1.54, 1.807) is 54.1 Å². The van der Waals surface area contributed by atoms with Gasteiger partial charge in [-0.2, -0.15) is 5.10 Å². The summed E-state index contributed by atoms with van der Waals surface area (Å²) in [5.41, 5.74) is 3.90. The van der Waals surface area contributed by atoms with E-state index in [9.17, 15) is 8.42 Å². The third kappa shape index (κ3) is 4.69. The highest BCUT2D eigenvalue weighted by molar-refractivity contribution is 7.92. The van der Waals surface area contributed by atoms with E-state index in [2.05, 4.69) is 19.8 Å². The van der Waals surface area contributed by atoms with Gasteiger partial charge >= 0.3 is 0 Å². The SMILES string of the molecule is Cc1nn(-c2cc(Oc3ccc(NS(=O)(=O)c4cccc(Cl)c4C)cc3)ncn2)c(C)c1C. The first kappa shape index (κ1) is 22.8. The summed E-state index contributed by atoms with van der Waals surface area (Å²) in [6.07, 6.45) is 1.41. The number of halogens is 1. The maximum absolute atomic E-state index is 12.7. The van der Waals surface area contributed by atoms with Crippen molar-refractivity contribution in [2.45, 2.75) is 32.6 Å². The molecule has 33 heavy (non-hydrogen) atoms. The fourth-order valence-corrected chi connectivity index (χ4v) is 4.80. The molecule has 0 unspecified atom stereocenters. The number of hydrogen-bond donors (Lipinski definition) is 1. The number of nitrogens with one attached hydrogen (secondary N) is 1. The van der Waals surface area contributed by atoms with Crippen molar-refractivity contribution in [1.82, 2.24) is 19.7 Å². The van der Waals surface area contributed by atoms with Crippen molar-refractivity contribution >= 4 is 27.3 Å². The monoisotopic (exact) mass is 483 g/mol. The molecule has 0 aliphatic heterocycles. The number of rotatable bonds is 6. The average Bonchev–Trinajstić information content (AvgIpc) is 3.04. The first-order valence-electron chi connectivity index (χ1n) is 10.1. The lowest BCUT2D eigenvalue weighted by molar-refractivity contribution is 0.460. The molecule has 0 spiro atoms. The van der Waals surface area contributed by atoms with Gasteiger partial charge in [0.15, 0.2) is 5.82 Å². The molecule has 4 rings (SSSR count). The molecular formula is C23H22ClN5O3S. The number of benzene rings is 2. The van der Waals surface area contributed by atoms with Crippen molar-refractivity contribution in [3.63, 3.8) is 0 Å². The lowest BCUT2D eigenvalue weighted by Crippen LogP contribution is -2.14. The quantitative estimate of drug-likeness (QED) is 0.407. The Hall–Kier alpha value is -3.43. The Morgan fingerprint density at radius 2 is 1.70 bits per heavy atom. The Balaban J connectivity index is 1.51. The topological polar surface area (TPSA) is 99.0 Å². The van der Waals surface area contributed by atoms with Crippen LogP contribution in [0.5, 0.6) is 11.6 Å². The number of aromatic nitrogens is 4. The number of nitrogens with zero attached hydrogens (tertiary/aromatic N) is 4. The fourth-order valence-electron chi connectivity index (χ4n) is 3.25. The Bertz CT molecular complexity index is 1430. The number of aryl methyl sites for hydroxylation is 1. The van der Waals surface area contributed by atoms with Gasteiger partial charge in [0.2, 0.25) is 5.88 Å². The van der Waals surface area contributed by atoms with Crippen LogP contribution in [0.2, 0.25) is 5.02 Å². The van der Waals surface area contributed by atoms with Gasteiger partial charge in [-0.15, -0.1) is 0 Å². The molecule has 0 bridgehead atoms. The minimum absolute atomic E-state index is 0.128. The zero-order chi connectivity index (χ0) is 23.8. The van der Waals surface area contributed by atoms with Crippen LogP contribution in [0.4, 0.5) is 5.69 Å². The summed E-state index contributed by atoms with van der Waals surface area (Å²) >= 11 is 6.06. The van der Waals surface area contributed by atoms with Crippen molar-refractivity contribution in [3.8, 4) is 17.4 Å². The lowest BCUT2D eigenvalue weighted by atomic mass is 10.2. The smallest absolute Gasteiger partial charge is 0.262 e. The molecule has 4 aromatic rings. The van der Waals surface area contributed by atoms with E-state index in [1.165, 1.54) is 12.4 Å². The summed E-state index contributed by atoms with van der Waals surface area (Å²) in [5, 5.41) is 4.90. The standard InChI is InChI=1S/C23H22ClN5O3S/c1-14-16(3)27-29(17(14)4)22-12-23(26-13-25-22)32-19-10-8-18(9-11-19)28-33(30,31)21-7-5-6-20(24)15(21)2/h5-13,28H,1-4H3. The third-order valence-corrected chi connectivity index (χ3v) is 7.27. The van der Waals surface area contributed by atoms with Crippen LogP contribution < -0.4 is 9.46 Å². The number of anilines is 1. The summed E-state index contributed by atoms with van der Waals surface area (Å²) in [5.74, 6) is 1.43. The average molecular weight is 484 g/mol. The maximum Gasteiger partial charge on any atom is 0.262 e. The van der Waals surface area contributed by atoms with Crippen LogP contribution in [0.1, 0.15) is 22.5 Å². The van der Waals surface area contributed by atoms with Crippen LogP contribution in [-0.2, 0) is 10.0 Å². The van der Waals surface area contributed by atoms with E-state index < -0.39 is 10.0 Å². The summed E-state index contributed by atoms with van der Waals surface area (Å²) < 4.78 is 35.6. The van der Waals surface area contributed by atoms with Crippen LogP contribution >= 0.6 is 11.6 Å². The second kappa shape index (κ2) is 8.84. The van der Waals surface area contributed by atoms with E-state index in [-0.39, 0.29) is 4.90 Å². The van der Waals surface area contributed by atoms with Crippen molar-refractivity contribution in [3.05, 3.63) is 82.4 Å². The van der Waals surface area contributed by atoms with Crippen LogP contribution in [0.25, 0.3) is 5.82 Å². The number of ether oxygens (including phenoxy) is 1. The molecule has 0 atom stereocenters.